The van der Waals surface area contributed by atoms with E-state index in [1.807, 2.05) is 0 Å². The number of nitrogens with one attached hydrogen (secondary N) is 1. The Bertz CT molecular complexity index is 928. The van der Waals surface area contributed by atoms with E-state index in [0.29, 0.717) is 25.9 Å². The van der Waals surface area contributed by atoms with Crippen molar-refractivity contribution in [1.82, 2.24) is 9.62 Å². The first-order chi connectivity index (χ1) is 16.6. The zero-order chi connectivity index (χ0) is 25.5. The molecule has 2 heterocycles. The van der Waals surface area contributed by atoms with Gasteiger partial charge in [0.15, 0.2) is 0 Å². The highest BCUT2D eigenvalue weighted by Crippen LogP contribution is 2.35. The van der Waals surface area contributed by atoms with E-state index < -0.39 is 28.6 Å². The van der Waals surface area contributed by atoms with E-state index in [-0.39, 0.29) is 17.2 Å². The van der Waals surface area contributed by atoms with Crippen molar-refractivity contribution >= 4 is 34.9 Å². The Labute approximate surface area is 208 Å². The van der Waals surface area contributed by atoms with Crippen molar-refractivity contribution in [2.45, 2.75) is 82.8 Å². The summed E-state index contributed by atoms with van der Waals surface area (Å²) in [6.45, 7) is 2.93. The topological polar surface area (TPSA) is 93.8 Å². The minimum absolute atomic E-state index is 0.0127. The molecular formula is C25H35F3N4O2S. The third kappa shape index (κ3) is 7.47. The van der Waals surface area contributed by atoms with Crippen molar-refractivity contribution in [3.63, 3.8) is 0 Å². The Hall–Kier alpha value is -2.04. The number of alkyl halides is 3. The molecule has 6 nitrogen and oxygen atoms in total. The highest BCUT2D eigenvalue weighted by molar-refractivity contribution is 7.92. The van der Waals surface area contributed by atoms with Gasteiger partial charge in [-0.3, -0.25) is 9.79 Å². The van der Waals surface area contributed by atoms with Crippen molar-refractivity contribution in [2.24, 2.45) is 4.99 Å². The molecule has 2 aliphatic rings. The minimum atomic E-state index is -4.56. The van der Waals surface area contributed by atoms with Crippen LogP contribution in [0, 0.1) is 0 Å². The van der Waals surface area contributed by atoms with Crippen LogP contribution in [0.1, 0.15) is 82.3 Å². The molecule has 1 unspecified atom stereocenters. The Kier molecular flexibility index (Phi) is 9.66. The molecule has 1 spiro atoms. The number of piperidine rings is 1. The first-order valence-electron chi connectivity index (χ1n) is 12.4. The van der Waals surface area contributed by atoms with E-state index in [9.17, 15) is 22.5 Å². The number of nitrogen functional groups attached to an aromatic ring is 1. The number of hydrogen-bond acceptors (Lipinski definition) is 5. The van der Waals surface area contributed by atoms with E-state index in [1.54, 1.807) is 4.31 Å². The van der Waals surface area contributed by atoms with Crippen LogP contribution in [0.3, 0.4) is 0 Å². The first-order valence-corrected chi connectivity index (χ1v) is 13.5. The lowest BCUT2D eigenvalue weighted by Crippen LogP contribution is -2.50. The van der Waals surface area contributed by atoms with Gasteiger partial charge in [-0.2, -0.15) is 13.2 Å². The number of unbranched alkanes of at least 4 members (excludes halogenated alkanes) is 6. The average molecular weight is 513 g/mol. The van der Waals surface area contributed by atoms with Gasteiger partial charge in [0, 0.05) is 25.2 Å². The van der Waals surface area contributed by atoms with E-state index in [2.05, 4.69) is 12.2 Å². The first kappa shape index (κ1) is 27.5. The maximum absolute atomic E-state index is 13.3. The molecule has 0 saturated carbocycles. The zero-order valence-electron chi connectivity index (χ0n) is 20.2. The van der Waals surface area contributed by atoms with E-state index in [0.717, 1.165) is 31.2 Å². The SMILES string of the molecule is CCCCCCCCCC1=NC2(CCN([S+]([O-])/C=C/c3ccc(N)cc3C(F)(F)F)CC2)C(=O)N1. The molecule has 194 valence electrons. The van der Waals surface area contributed by atoms with Gasteiger partial charge >= 0.3 is 6.18 Å². The number of aliphatic imine (C=N–C) groups is 1. The van der Waals surface area contributed by atoms with Crippen LogP contribution in [0.5, 0.6) is 0 Å². The van der Waals surface area contributed by atoms with Crippen LogP contribution in [0.2, 0.25) is 0 Å². The summed E-state index contributed by atoms with van der Waals surface area (Å²) in [6.07, 6.45) is 6.59. The van der Waals surface area contributed by atoms with Gasteiger partial charge in [0.1, 0.15) is 16.8 Å². The summed E-state index contributed by atoms with van der Waals surface area (Å²) in [4.78, 5) is 17.4. The number of carbonyl (C=O) groups excluding carboxylic acids is 1. The van der Waals surface area contributed by atoms with Gasteiger partial charge in [-0.15, -0.1) is 4.31 Å². The highest BCUT2D eigenvalue weighted by atomic mass is 32.2. The van der Waals surface area contributed by atoms with Crippen LogP contribution in [0.15, 0.2) is 28.6 Å². The largest absolute Gasteiger partial charge is 0.593 e. The van der Waals surface area contributed by atoms with Gasteiger partial charge in [-0.1, -0.05) is 51.5 Å². The molecule has 3 rings (SSSR count). The summed E-state index contributed by atoms with van der Waals surface area (Å²) >= 11 is -1.62. The average Bonchev–Trinajstić information content (AvgIpc) is 3.11. The van der Waals surface area contributed by atoms with Gasteiger partial charge in [-0.05, 0) is 43.0 Å². The van der Waals surface area contributed by atoms with Crippen LogP contribution in [-0.4, -0.2) is 39.2 Å². The molecule has 1 fully saturated rings. The molecule has 1 atom stereocenters. The number of nitrogens with two attached hydrogens (primary N) is 1. The summed E-state index contributed by atoms with van der Waals surface area (Å²) in [5.74, 6) is 0.633. The molecule has 35 heavy (non-hydrogen) atoms. The molecule has 0 bridgehead atoms. The molecule has 1 saturated heterocycles. The fraction of sp³-hybridized carbons (Fsp3) is 0.600. The summed E-state index contributed by atoms with van der Waals surface area (Å²) in [6, 6.07) is 3.51. The number of halogens is 3. The number of hydrogen-bond donors (Lipinski definition) is 2. The predicted molar refractivity (Wildman–Crippen MR) is 135 cm³/mol. The van der Waals surface area contributed by atoms with Gasteiger partial charge in [0.05, 0.1) is 16.9 Å². The minimum Gasteiger partial charge on any atom is -0.593 e. The van der Waals surface area contributed by atoms with Crippen molar-refractivity contribution in [3.8, 4) is 0 Å². The summed E-state index contributed by atoms with van der Waals surface area (Å²) in [5, 5.41) is 4.18. The quantitative estimate of drug-likeness (QED) is 0.235. The Morgan fingerprint density at radius 1 is 1.17 bits per heavy atom. The highest BCUT2D eigenvalue weighted by Gasteiger charge is 2.47. The number of carbonyl (C=O) groups is 1. The molecule has 3 N–H and O–H groups in total. The number of anilines is 1. The second-order valence-corrected chi connectivity index (χ2v) is 10.6. The summed E-state index contributed by atoms with van der Waals surface area (Å²) in [5.41, 5.74) is 3.73. The molecule has 0 radical (unpaired) electrons. The lowest BCUT2D eigenvalue weighted by Gasteiger charge is -2.34. The number of amidine groups is 1. The second kappa shape index (κ2) is 12.3. The lowest BCUT2D eigenvalue weighted by molar-refractivity contribution is -0.137. The standard InChI is InChI=1S/C25H35F3N4O2S/c1-2-3-4-5-6-7-8-9-22-30-23(33)24(31-22)13-15-32(16-14-24)35(34)17-12-19-10-11-20(29)18-21(19)25(26,27)28/h10-12,17-18H,2-9,13-16,29H2,1H3,(H,30,31,33)/b17-12+. The van der Waals surface area contributed by atoms with Crippen LogP contribution in [-0.2, 0) is 22.3 Å². The molecular weight excluding hydrogens is 477 g/mol. The fourth-order valence-corrected chi connectivity index (χ4v) is 5.49. The number of amides is 1. The lowest BCUT2D eigenvalue weighted by atomic mass is 9.89. The van der Waals surface area contributed by atoms with Crippen LogP contribution < -0.4 is 11.1 Å². The van der Waals surface area contributed by atoms with Gasteiger partial charge in [0.2, 0.25) is 0 Å². The molecule has 2 aliphatic heterocycles. The number of rotatable bonds is 11. The molecule has 1 aromatic rings. The number of benzene rings is 1. The zero-order valence-corrected chi connectivity index (χ0v) is 21.0. The van der Waals surface area contributed by atoms with Gasteiger partial charge in [-0.25, -0.2) is 0 Å². The Morgan fingerprint density at radius 3 is 2.49 bits per heavy atom. The van der Waals surface area contributed by atoms with Crippen molar-refractivity contribution < 1.29 is 22.5 Å². The maximum Gasteiger partial charge on any atom is 0.417 e. The fourth-order valence-electron chi connectivity index (χ4n) is 4.51. The Balaban J connectivity index is 1.51. The van der Waals surface area contributed by atoms with E-state index in [1.165, 1.54) is 55.7 Å². The third-order valence-electron chi connectivity index (χ3n) is 6.60. The third-order valence-corrected chi connectivity index (χ3v) is 7.84. The maximum atomic E-state index is 13.3. The monoisotopic (exact) mass is 512 g/mol. The summed E-state index contributed by atoms with van der Waals surface area (Å²) in [7, 11) is 0. The summed E-state index contributed by atoms with van der Waals surface area (Å²) < 4.78 is 54.2. The molecule has 0 aliphatic carbocycles. The van der Waals surface area contributed by atoms with Crippen LogP contribution >= 0.6 is 0 Å². The van der Waals surface area contributed by atoms with Gasteiger partial charge < -0.3 is 15.6 Å². The van der Waals surface area contributed by atoms with Crippen molar-refractivity contribution in [3.05, 3.63) is 34.7 Å². The van der Waals surface area contributed by atoms with Crippen LogP contribution in [0.4, 0.5) is 18.9 Å². The van der Waals surface area contributed by atoms with Gasteiger partial charge in [0.25, 0.3) is 5.91 Å². The molecule has 0 aromatic heterocycles. The molecule has 1 amide bonds. The van der Waals surface area contributed by atoms with Crippen molar-refractivity contribution in [2.75, 3.05) is 18.8 Å². The van der Waals surface area contributed by atoms with E-state index >= 15 is 0 Å². The smallest absolute Gasteiger partial charge is 0.417 e. The number of nitrogens with zero attached hydrogens (tertiary/aromatic N) is 2. The Morgan fingerprint density at radius 2 is 1.83 bits per heavy atom. The molecule has 1 aromatic carbocycles. The van der Waals surface area contributed by atoms with Crippen LogP contribution in [0.25, 0.3) is 6.08 Å². The predicted octanol–water partition coefficient (Wildman–Crippen LogP) is 5.43. The normalized spacial score (nSPS) is 19.3. The van der Waals surface area contributed by atoms with Crippen molar-refractivity contribution in [1.29, 1.82) is 0 Å². The molecule has 10 heteroatoms. The second-order valence-electron chi connectivity index (χ2n) is 9.27. The van der Waals surface area contributed by atoms with E-state index in [4.69, 9.17) is 10.7 Å².